The first-order valence-electron chi connectivity index (χ1n) is 9.23. The van der Waals surface area contributed by atoms with E-state index in [1.165, 1.54) is 12.1 Å². The Morgan fingerprint density at radius 1 is 1.11 bits per heavy atom. The molecule has 4 nitrogen and oxygen atoms in total. The molecule has 0 bridgehead atoms. The molecular weight excluding hydrogens is 353 g/mol. The van der Waals surface area contributed by atoms with Gasteiger partial charge in [0.2, 0.25) is 0 Å². The van der Waals surface area contributed by atoms with E-state index in [9.17, 15) is 13.2 Å². The monoisotopic (exact) mass is 376 g/mol. The number of hydrogen-bond acceptors (Lipinski definition) is 3. The van der Waals surface area contributed by atoms with Gasteiger partial charge < -0.3 is 9.80 Å². The molecule has 2 aliphatic heterocycles. The summed E-state index contributed by atoms with van der Waals surface area (Å²) < 4.78 is 41.7. The lowest BCUT2D eigenvalue weighted by molar-refractivity contribution is -0.137. The lowest BCUT2D eigenvalue weighted by Crippen LogP contribution is -2.43. The second kappa shape index (κ2) is 6.71. The van der Waals surface area contributed by atoms with E-state index in [1.54, 1.807) is 18.5 Å². The number of allylic oxidation sites excluding steroid dienone is 1. The maximum Gasteiger partial charge on any atom is 0.416 e. The fraction of sp³-hybridized carbons (Fsp3) is 0.450. The van der Waals surface area contributed by atoms with Crippen molar-refractivity contribution in [2.45, 2.75) is 25.4 Å². The minimum absolute atomic E-state index is 0.125. The average molecular weight is 376 g/mol. The van der Waals surface area contributed by atoms with E-state index in [0.29, 0.717) is 11.5 Å². The lowest BCUT2D eigenvalue weighted by atomic mass is 9.92. The van der Waals surface area contributed by atoms with Crippen molar-refractivity contribution in [2.24, 2.45) is 0 Å². The first-order chi connectivity index (χ1) is 12.8. The number of aromatic nitrogens is 2. The van der Waals surface area contributed by atoms with Gasteiger partial charge in [-0.25, -0.2) is 4.98 Å². The van der Waals surface area contributed by atoms with Crippen LogP contribution in [0, 0.1) is 0 Å². The van der Waals surface area contributed by atoms with Crippen molar-refractivity contribution >= 4 is 5.70 Å². The summed E-state index contributed by atoms with van der Waals surface area (Å²) in [6, 6.07) is 4.05. The minimum atomic E-state index is -4.36. The van der Waals surface area contributed by atoms with Crippen LogP contribution in [0.1, 0.15) is 36.2 Å². The number of halogens is 3. The molecule has 2 aromatic rings. The highest BCUT2D eigenvalue weighted by molar-refractivity contribution is 5.63. The summed E-state index contributed by atoms with van der Waals surface area (Å²) in [5.41, 5.74) is 1.88. The molecule has 144 valence electrons. The van der Waals surface area contributed by atoms with Gasteiger partial charge in [0.05, 0.1) is 16.9 Å². The molecule has 0 radical (unpaired) electrons. The molecule has 7 heteroatoms. The van der Waals surface area contributed by atoms with E-state index in [4.69, 9.17) is 0 Å². The van der Waals surface area contributed by atoms with Gasteiger partial charge in [-0.15, -0.1) is 0 Å². The Kier molecular flexibility index (Phi) is 4.50. The van der Waals surface area contributed by atoms with Crippen molar-refractivity contribution in [2.75, 3.05) is 33.2 Å². The molecule has 1 aromatic heterocycles. The fourth-order valence-corrected chi connectivity index (χ4v) is 3.86. The van der Waals surface area contributed by atoms with Crippen LogP contribution in [0.15, 0.2) is 36.7 Å². The third-order valence-electron chi connectivity index (χ3n) is 5.53. The zero-order valence-corrected chi connectivity index (χ0v) is 15.5. The highest BCUT2D eigenvalue weighted by atomic mass is 19.4. The molecule has 1 aromatic carbocycles. The second-order valence-corrected chi connectivity index (χ2v) is 7.41. The Balaban J connectivity index is 1.81. The van der Waals surface area contributed by atoms with E-state index in [-0.39, 0.29) is 5.92 Å². The number of likely N-dealkylation sites (N-methyl/N-ethyl adjacent to an activating group) is 1. The SMILES string of the molecule is CC1CC=C(N2CCN(C)CC2)c2nccn2-c2cc(C(F)(F)F)ccc21. The smallest absolute Gasteiger partial charge is 0.366 e. The number of fused-ring (bicyclic) bond motifs is 3. The summed E-state index contributed by atoms with van der Waals surface area (Å²) in [6.45, 7) is 5.76. The Morgan fingerprint density at radius 3 is 2.56 bits per heavy atom. The molecule has 4 rings (SSSR count). The topological polar surface area (TPSA) is 24.3 Å². The van der Waals surface area contributed by atoms with E-state index < -0.39 is 11.7 Å². The second-order valence-electron chi connectivity index (χ2n) is 7.41. The molecule has 0 saturated carbocycles. The average Bonchev–Trinajstić information content (AvgIpc) is 3.10. The Bertz CT molecular complexity index is 860. The van der Waals surface area contributed by atoms with Crippen molar-refractivity contribution in [1.29, 1.82) is 0 Å². The molecule has 1 atom stereocenters. The molecular formula is C20H23F3N4. The molecule has 3 heterocycles. The van der Waals surface area contributed by atoms with Crippen LogP contribution in [0.3, 0.4) is 0 Å². The number of nitrogens with zero attached hydrogens (tertiary/aromatic N) is 4. The van der Waals surface area contributed by atoms with Gasteiger partial charge >= 0.3 is 6.18 Å². The molecule has 1 unspecified atom stereocenters. The summed E-state index contributed by atoms with van der Waals surface area (Å²) >= 11 is 0. The number of rotatable bonds is 1. The van der Waals surface area contributed by atoms with Gasteiger partial charge in [0.15, 0.2) is 5.82 Å². The van der Waals surface area contributed by atoms with Crippen LogP contribution in [0.2, 0.25) is 0 Å². The predicted octanol–water partition coefficient (Wildman–Crippen LogP) is 3.99. The molecule has 0 N–H and O–H groups in total. The summed E-state index contributed by atoms with van der Waals surface area (Å²) in [7, 11) is 2.10. The highest BCUT2D eigenvalue weighted by Crippen LogP contribution is 2.37. The van der Waals surface area contributed by atoms with Crippen LogP contribution >= 0.6 is 0 Å². The van der Waals surface area contributed by atoms with Crippen molar-refractivity contribution in [3.05, 3.63) is 53.6 Å². The van der Waals surface area contributed by atoms with Crippen molar-refractivity contribution in [3.8, 4) is 5.69 Å². The third kappa shape index (κ3) is 3.36. The van der Waals surface area contributed by atoms with Crippen LogP contribution in [0.4, 0.5) is 13.2 Å². The van der Waals surface area contributed by atoms with Gasteiger partial charge in [-0.1, -0.05) is 19.1 Å². The number of alkyl halides is 3. The third-order valence-corrected chi connectivity index (χ3v) is 5.53. The fourth-order valence-electron chi connectivity index (χ4n) is 3.86. The molecule has 27 heavy (non-hydrogen) atoms. The van der Waals surface area contributed by atoms with E-state index in [2.05, 4.69) is 34.8 Å². The highest BCUT2D eigenvalue weighted by Gasteiger charge is 2.32. The summed E-state index contributed by atoms with van der Waals surface area (Å²) in [6.07, 6.45) is 2.02. The van der Waals surface area contributed by atoms with Crippen molar-refractivity contribution in [1.82, 2.24) is 19.4 Å². The van der Waals surface area contributed by atoms with Gasteiger partial charge in [0.1, 0.15) is 0 Å². The molecule has 0 spiro atoms. The van der Waals surface area contributed by atoms with E-state index in [0.717, 1.165) is 43.9 Å². The van der Waals surface area contributed by atoms with Gasteiger partial charge in [-0.05, 0) is 37.1 Å². The zero-order chi connectivity index (χ0) is 19.2. The van der Waals surface area contributed by atoms with Crippen molar-refractivity contribution < 1.29 is 13.2 Å². The van der Waals surface area contributed by atoms with Gasteiger partial charge in [-0.2, -0.15) is 13.2 Å². The number of hydrogen-bond donors (Lipinski definition) is 0. The summed E-state index contributed by atoms with van der Waals surface area (Å²) in [5, 5.41) is 0. The molecule has 0 aliphatic carbocycles. The maximum atomic E-state index is 13.3. The van der Waals surface area contributed by atoms with Crippen LogP contribution in [-0.2, 0) is 6.18 Å². The van der Waals surface area contributed by atoms with Crippen LogP contribution in [-0.4, -0.2) is 52.6 Å². The molecule has 1 saturated heterocycles. The molecule has 0 amide bonds. The minimum Gasteiger partial charge on any atom is -0.366 e. The Hall–Kier alpha value is -2.28. The Labute approximate surface area is 156 Å². The van der Waals surface area contributed by atoms with Gasteiger partial charge in [0.25, 0.3) is 0 Å². The zero-order valence-electron chi connectivity index (χ0n) is 15.5. The number of benzene rings is 1. The first-order valence-corrected chi connectivity index (χ1v) is 9.23. The quantitative estimate of drug-likeness (QED) is 0.752. The van der Waals surface area contributed by atoms with E-state index >= 15 is 0 Å². The Morgan fingerprint density at radius 2 is 1.85 bits per heavy atom. The van der Waals surface area contributed by atoms with Crippen LogP contribution < -0.4 is 0 Å². The molecule has 1 fully saturated rings. The van der Waals surface area contributed by atoms with Crippen LogP contribution in [0.25, 0.3) is 11.4 Å². The predicted molar refractivity (Wildman–Crippen MR) is 98.6 cm³/mol. The van der Waals surface area contributed by atoms with Crippen LogP contribution in [0.5, 0.6) is 0 Å². The standard InChI is InChI=1S/C20H23F3N4/c1-14-3-6-17(26-11-9-25(2)10-12-26)19-24-7-8-27(19)18-13-15(20(21,22)23)4-5-16(14)18/h4-8,13-14H,3,9-12H2,1-2H3. The maximum absolute atomic E-state index is 13.3. The van der Waals surface area contributed by atoms with E-state index in [1.807, 2.05) is 4.57 Å². The largest absolute Gasteiger partial charge is 0.416 e. The normalized spacial score (nSPS) is 21.1. The molecule has 2 aliphatic rings. The van der Waals surface area contributed by atoms with Gasteiger partial charge in [-0.3, -0.25) is 4.57 Å². The van der Waals surface area contributed by atoms with Crippen molar-refractivity contribution in [3.63, 3.8) is 0 Å². The summed E-state index contributed by atoms with van der Waals surface area (Å²) in [5.74, 6) is 0.840. The number of piperazine rings is 1. The van der Waals surface area contributed by atoms with Gasteiger partial charge in [0, 0.05) is 38.6 Å². The first kappa shape index (κ1) is 18.1. The summed E-state index contributed by atoms with van der Waals surface area (Å²) in [4.78, 5) is 9.08. The lowest BCUT2D eigenvalue weighted by Gasteiger charge is -2.36. The number of imidazole rings is 1.